The molecule has 1 heterocycles. The molecule has 16 heteroatoms. The van der Waals surface area contributed by atoms with Gasteiger partial charge in [-0.25, -0.2) is 9.59 Å². The van der Waals surface area contributed by atoms with Crippen LogP contribution in [0.2, 0.25) is 0 Å². The summed E-state index contributed by atoms with van der Waals surface area (Å²) in [5.41, 5.74) is 6.56. The van der Waals surface area contributed by atoms with Gasteiger partial charge in [-0.1, -0.05) is 18.7 Å². The molecule has 2 aliphatic rings. The molecule has 0 aromatic heterocycles. The summed E-state index contributed by atoms with van der Waals surface area (Å²) < 4.78 is 4.96. The number of urea groups is 1. The normalized spacial score (nSPS) is 18.6. The Morgan fingerprint density at radius 2 is 1.52 bits per heavy atom. The lowest BCUT2D eigenvalue weighted by molar-refractivity contribution is -0.201. The van der Waals surface area contributed by atoms with Crippen LogP contribution in [0.25, 0.3) is 0 Å². The highest BCUT2D eigenvalue weighted by Gasteiger charge is 2.38. The molecule has 1 aromatic carbocycles. The van der Waals surface area contributed by atoms with Gasteiger partial charge in [-0.15, -0.1) is 5.06 Å². The number of carbonyl (C=O) groups excluding carboxylic acids is 8. The van der Waals surface area contributed by atoms with Crippen LogP contribution in [0.3, 0.4) is 0 Å². The first-order valence-electron chi connectivity index (χ1n) is 15.6. The smallest absolute Gasteiger partial charge is 0.336 e. The average Bonchev–Trinajstić information content (AvgIpc) is 3.36. The summed E-state index contributed by atoms with van der Waals surface area (Å²) in [5.74, 6) is -5.05. The maximum absolute atomic E-state index is 13.4. The number of primary amides is 1. The van der Waals surface area contributed by atoms with E-state index < -0.39 is 71.4 Å². The number of benzene rings is 1. The molecule has 0 spiro atoms. The molecular weight excluding hydrogens is 628 g/mol. The van der Waals surface area contributed by atoms with Gasteiger partial charge in [0.25, 0.3) is 11.8 Å². The summed E-state index contributed by atoms with van der Waals surface area (Å²) in [6.07, 6.45) is 1.55. The van der Waals surface area contributed by atoms with Crippen LogP contribution in [0.5, 0.6) is 0 Å². The summed E-state index contributed by atoms with van der Waals surface area (Å²) in [6.45, 7) is 6.91. The van der Waals surface area contributed by atoms with Gasteiger partial charge in [0.05, 0.1) is 5.92 Å². The number of nitrogens with zero attached hydrogens (tertiary/aromatic N) is 1. The van der Waals surface area contributed by atoms with E-state index in [9.17, 15) is 38.4 Å². The zero-order chi connectivity index (χ0) is 35.4. The minimum Gasteiger partial charge on any atom is -0.461 e. The fourth-order valence-corrected chi connectivity index (χ4v) is 5.23. The van der Waals surface area contributed by atoms with Crippen LogP contribution in [-0.2, 0) is 49.7 Å². The van der Waals surface area contributed by atoms with Gasteiger partial charge in [-0.3, -0.25) is 28.8 Å². The predicted octanol–water partition coefficient (Wildman–Crippen LogP) is 1.10. The zero-order valence-electron chi connectivity index (χ0n) is 27.0. The Morgan fingerprint density at radius 1 is 0.917 bits per heavy atom. The van der Waals surface area contributed by atoms with E-state index in [1.165, 1.54) is 6.92 Å². The van der Waals surface area contributed by atoms with Crippen LogP contribution in [-0.4, -0.2) is 71.2 Å². The molecule has 3 rings (SSSR count). The number of carbonyl (C=O) groups is 8. The topological polar surface area (TPSA) is 232 Å². The molecular formula is C32H42N6O10. The van der Waals surface area contributed by atoms with Crippen molar-refractivity contribution in [3.05, 3.63) is 42.0 Å². The second kappa shape index (κ2) is 17.6. The largest absolute Gasteiger partial charge is 0.461 e. The first-order chi connectivity index (χ1) is 22.7. The molecule has 16 nitrogen and oxygen atoms in total. The number of hydroxylamine groups is 2. The highest BCUT2D eigenvalue weighted by Crippen LogP contribution is 2.31. The molecule has 0 unspecified atom stereocenters. The molecule has 1 saturated heterocycles. The average molecular weight is 671 g/mol. The predicted molar refractivity (Wildman–Crippen MR) is 169 cm³/mol. The maximum Gasteiger partial charge on any atom is 0.336 e. The number of amides is 7. The van der Waals surface area contributed by atoms with Crippen LogP contribution in [0.4, 0.5) is 10.5 Å². The van der Waals surface area contributed by atoms with Crippen molar-refractivity contribution in [3.8, 4) is 0 Å². The lowest BCUT2D eigenvalue weighted by Gasteiger charge is -2.29. The molecule has 0 bridgehead atoms. The van der Waals surface area contributed by atoms with Crippen LogP contribution >= 0.6 is 0 Å². The number of anilines is 1. The lowest BCUT2D eigenvalue weighted by atomic mass is 9.81. The zero-order valence-corrected chi connectivity index (χ0v) is 27.0. The molecule has 1 saturated carbocycles. The Kier molecular flexibility index (Phi) is 13.6. The molecule has 48 heavy (non-hydrogen) atoms. The molecule has 260 valence electrons. The van der Waals surface area contributed by atoms with Crippen molar-refractivity contribution in [2.45, 2.75) is 83.9 Å². The van der Waals surface area contributed by atoms with Crippen LogP contribution in [0.1, 0.15) is 70.8 Å². The van der Waals surface area contributed by atoms with Crippen molar-refractivity contribution in [1.82, 2.24) is 21.0 Å². The Bertz CT molecular complexity index is 1400. The molecule has 1 aromatic rings. The minimum absolute atomic E-state index is 0.0115. The van der Waals surface area contributed by atoms with E-state index in [0.29, 0.717) is 41.1 Å². The fraction of sp³-hybridized carbons (Fsp3) is 0.500. The summed E-state index contributed by atoms with van der Waals surface area (Å²) in [7, 11) is 0. The first-order valence-corrected chi connectivity index (χ1v) is 15.6. The fourth-order valence-electron chi connectivity index (χ4n) is 5.23. The number of rotatable bonds is 15. The monoisotopic (exact) mass is 670 g/mol. The van der Waals surface area contributed by atoms with Gasteiger partial charge in [0.15, 0.2) is 0 Å². The third-order valence-electron chi connectivity index (χ3n) is 7.93. The van der Waals surface area contributed by atoms with E-state index in [0.717, 1.165) is 0 Å². The number of hydrogen-bond donors (Lipinski definition) is 5. The van der Waals surface area contributed by atoms with Gasteiger partial charge in [-0.2, -0.15) is 0 Å². The second-order valence-corrected chi connectivity index (χ2v) is 11.8. The van der Waals surface area contributed by atoms with Gasteiger partial charge in [0, 0.05) is 37.9 Å². The third kappa shape index (κ3) is 11.2. The number of ether oxygens (including phenoxy) is 1. The Balaban J connectivity index is 1.59. The van der Waals surface area contributed by atoms with E-state index >= 15 is 0 Å². The second-order valence-electron chi connectivity index (χ2n) is 11.8. The Hall–Kier alpha value is -5.28. The molecule has 1 aliphatic heterocycles. The SMILES string of the molecule is C=C(C)[C@H](NC(=O)C1CCC(C(=O)ON2C(=O)CCC2=O)CC1)C(=O)N[C@@H](CCCNC(N)=O)C(=O)Nc1ccc(COC(C)=O)cc1. The van der Waals surface area contributed by atoms with Gasteiger partial charge >= 0.3 is 18.0 Å². The van der Waals surface area contributed by atoms with E-state index in [-0.39, 0.29) is 45.3 Å². The summed E-state index contributed by atoms with van der Waals surface area (Å²) >= 11 is 0. The van der Waals surface area contributed by atoms with E-state index in [2.05, 4.69) is 27.8 Å². The summed E-state index contributed by atoms with van der Waals surface area (Å²) in [6, 6.07) is 3.58. The lowest BCUT2D eigenvalue weighted by Crippen LogP contribution is -2.54. The molecule has 2 atom stereocenters. The minimum atomic E-state index is -1.17. The Labute approximate surface area is 277 Å². The van der Waals surface area contributed by atoms with Crippen molar-refractivity contribution in [3.63, 3.8) is 0 Å². The molecule has 2 fully saturated rings. The number of nitrogens with one attached hydrogen (secondary N) is 4. The summed E-state index contributed by atoms with van der Waals surface area (Å²) in [4.78, 5) is 103. The molecule has 0 radical (unpaired) electrons. The van der Waals surface area contributed by atoms with Gasteiger partial charge in [0.1, 0.15) is 18.7 Å². The highest BCUT2D eigenvalue weighted by molar-refractivity contribution is 6.02. The van der Waals surface area contributed by atoms with Gasteiger partial charge in [0.2, 0.25) is 17.7 Å². The van der Waals surface area contributed by atoms with Gasteiger partial charge in [-0.05, 0) is 68.7 Å². The van der Waals surface area contributed by atoms with Crippen LogP contribution < -0.4 is 27.0 Å². The third-order valence-corrected chi connectivity index (χ3v) is 7.93. The number of imide groups is 1. The standard InChI is InChI=1S/C32H42N6O10/c1-18(2)27(37-28(42)21-8-10-22(11-9-21)31(45)48-38-25(40)14-15-26(38)41)30(44)36-24(5-4-16-34-32(33)46)29(43)35-23-12-6-20(7-13-23)17-47-19(3)39/h6-7,12-13,21-22,24,27H,1,4-5,8-11,14-17H2,2-3H3,(H,35,43)(H,36,44)(H,37,42)(H3,33,34,46)/t21?,22?,24-,27-/m0/s1. The number of hydrogen-bond acceptors (Lipinski definition) is 10. The molecule has 7 amide bonds. The van der Waals surface area contributed by atoms with Gasteiger partial charge < -0.3 is 36.6 Å². The van der Waals surface area contributed by atoms with Crippen molar-refractivity contribution in [1.29, 1.82) is 0 Å². The van der Waals surface area contributed by atoms with Crippen LogP contribution in [0.15, 0.2) is 36.4 Å². The van der Waals surface area contributed by atoms with Crippen molar-refractivity contribution < 1.29 is 47.9 Å². The van der Waals surface area contributed by atoms with Crippen LogP contribution in [0, 0.1) is 11.8 Å². The Morgan fingerprint density at radius 3 is 2.08 bits per heavy atom. The number of esters is 1. The quantitative estimate of drug-likeness (QED) is 0.0771. The van der Waals surface area contributed by atoms with E-state index in [4.69, 9.17) is 15.3 Å². The molecule has 1 aliphatic carbocycles. The molecule has 6 N–H and O–H groups in total. The van der Waals surface area contributed by atoms with Crippen molar-refractivity contribution in [2.24, 2.45) is 17.6 Å². The summed E-state index contributed by atoms with van der Waals surface area (Å²) in [5, 5.41) is 11.0. The first kappa shape index (κ1) is 37.2. The van der Waals surface area contributed by atoms with E-state index in [1.807, 2.05) is 0 Å². The van der Waals surface area contributed by atoms with E-state index in [1.54, 1.807) is 31.2 Å². The highest BCUT2D eigenvalue weighted by atomic mass is 16.7. The maximum atomic E-state index is 13.4. The van der Waals surface area contributed by atoms with Crippen molar-refractivity contribution in [2.75, 3.05) is 11.9 Å². The van der Waals surface area contributed by atoms with Crippen molar-refractivity contribution >= 4 is 53.2 Å². The number of nitrogens with two attached hydrogens (primary N) is 1.